The molecule has 14 heavy (non-hydrogen) atoms. The first-order valence-corrected chi connectivity index (χ1v) is 4.63. The van der Waals surface area contributed by atoms with Crippen LogP contribution < -0.4 is 0 Å². The predicted molar refractivity (Wildman–Crippen MR) is 53.0 cm³/mol. The molecule has 1 aromatic rings. The monoisotopic (exact) mass is 216 g/mol. The zero-order valence-corrected chi connectivity index (χ0v) is 8.31. The Balaban J connectivity index is 2.89. The lowest BCUT2D eigenvalue weighted by atomic mass is 10.1. The Labute approximate surface area is 86.5 Å². The highest BCUT2D eigenvalue weighted by molar-refractivity contribution is 7.80. The van der Waals surface area contributed by atoms with E-state index < -0.39 is 6.43 Å². The van der Waals surface area contributed by atoms with E-state index in [0.29, 0.717) is 17.7 Å². The number of aryl methyl sites for hydroxylation is 1. The number of halogens is 2. The molecular weight excluding hydrogens is 206 g/mol. The molecule has 0 aliphatic rings. The molecule has 0 N–H and O–H groups in total. The number of hydrogen-bond donors (Lipinski definition) is 1. The lowest BCUT2D eigenvalue weighted by molar-refractivity contribution is -0.107. The third-order valence-corrected chi connectivity index (χ3v) is 2.06. The van der Waals surface area contributed by atoms with Gasteiger partial charge in [0.2, 0.25) is 0 Å². The van der Waals surface area contributed by atoms with Crippen molar-refractivity contribution in [3.8, 4) is 0 Å². The molecule has 0 saturated carbocycles. The molecule has 0 amide bonds. The van der Waals surface area contributed by atoms with Gasteiger partial charge in [0, 0.05) is 16.9 Å². The summed E-state index contributed by atoms with van der Waals surface area (Å²) in [6.45, 7) is 0. The van der Waals surface area contributed by atoms with Crippen molar-refractivity contribution in [2.24, 2.45) is 0 Å². The molecule has 0 aromatic heterocycles. The summed E-state index contributed by atoms with van der Waals surface area (Å²) in [6.07, 6.45) is -0.887. The van der Waals surface area contributed by atoms with Gasteiger partial charge >= 0.3 is 0 Å². The molecule has 76 valence electrons. The zero-order valence-electron chi connectivity index (χ0n) is 7.41. The molecule has 0 aliphatic carbocycles. The number of alkyl halides is 2. The highest BCUT2D eigenvalue weighted by Crippen LogP contribution is 2.23. The molecule has 1 nitrogen and oxygen atoms in total. The molecule has 0 saturated heterocycles. The minimum atomic E-state index is -2.49. The average Bonchev–Trinajstić information content (AvgIpc) is 2.14. The maximum Gasteiger partial charge on any atom is 0.263 e. The van der Waals surface area contributed by atoms with Gasteiger partial charge in [-0.3, -0.25) is 0 Å². The van der Waals surface area contributed by atoms with Gasteiger partial charge in [0.25, 0.3) is 6.43 Å². The molecule has 0 unspecified atom stereocenters. The van der Waals surface area contributed by atoms with Crippen LogP contribution in [-0.4, -0.2) is 6.29 Å². The minimum Gasteiger partial charge on any atom is -0.303 e. The molecule has 0 heterocycles. The number of carbonyl (C=O) groups is 1. The van der Waals surface area contributed by atoms with Gasteiger partial charge in [-0.2, -0.15) is 0 Å². The van der Waals surface area contributed by atoms with Crippen molar-refractivity contribution in [2.75, 3.05) is 0 Å². The largest absolute Gasteiger partial charge is 0.303 e. The van der Waals surface area contributed by atoms with Gasteiger partial charge in [-0.15, -0.1) is 12.6 Å². The molecular formula is C10H10F2OS. The second-order valence-corrected chi connectivity index (χ2v) is 3.46. The molecule has 4 heteroatoms. The fourth-order valence-electron chi connectivity index (χ4n) is 1.20. The van der Waals surface area contributed by atoms with Crippen LogP contribution in [-0.2, 0) is 11.2 Å². The Kier molecular flexibility index (Phi) is 4.07. The van der Waals surface area contributed by atoms with Gasteiger partial charge in [-0.25, -0.2) is 8.78 Å². The van der Waals surface area contributed by atoms with E-state index in [0.717, 1.165) is 11.8 Å². The first kappa shape index (κ1) is 11.2. The van der Waals surface area contributed by atoms with Crippen molar-refractivity contribution in [1.82, 2.24) is 0 Å². The SMILES string of the molecule is O=CCCc1cc(S)cc(C(F)F)c1. The number of benzene rings is 1. The first-order valence-electron chi connectivity index (χ1n) is 4.18. The van der Waals surface area contributed by atoms with Crippen molar-refractivity contribution in [1.29, 1.82) is 0 Å². The Morgan fingerprint density at radius 2 is 2.07 bits per heavy atom. The molecule has 1 aromatic carbocycles. The van der Waals surface area contributed by atoms with Gasteiger partial charge < -0.3 is 4.79 Å². The Morgan fingerprint density at radius 1 is 1.36 bits per heavy atom. The van der Waals surface area contributed by atoms with E-state index in [1.807, 2.05) is 0 Å². The Hall–Kier alpha value is -0.900. The van der Waals surface area contributed by atoms with Gasteiger partial charge in [0.1, 0.15) is 6.29 Å². The van der Waals surface area contributed by atoms with E-state index in [9.17, 15) is 13.6 Å². The maximum absolute atomic E-state index is 12.3. The van der Waals surface area contributed by atoms with E-state index >= 15 is 0 Å². The van der Waals surface area contributed by atoms with Crippen LogP contribution in [0.3, 0.4) is 0 Å². The van der Waals surface area contributed by atoms with Crippen LogP contribution in [0.15, 0.2) is 23.1 Å². The first-order chi connectivity index (χ1) is 6.63. The molecule has 0 fully saturated rings. The van der Waals surface area contributed by atoms with Gasteiger partial charge in [-0.1, -0.05) is 6.07 Å². The summed E-state index contributed by atoms with van der Waals surface area (Å²) >= 11 is 4.02. The second-order valence-electron chi connectivity index (χ2n) is 2.94. The van der Waals surface area contributed by atoms with Crippen molar-refractivity contribution < 1.29 is 13.6 Å². The highest BCUT2D eigenvalue weighted by atomic mass is 32.1. The van der Waals surface area contributed by atoms with E-state index in [2.05, 4.69) is 12.6 Å². The van der Waals surface area contributed by atoms with Crippen LogP contribution in [0, 0.1) is 0 Å². The summed E-state index contributed by atoms with van der Waals surface area (Å²) in [6, 6.07) is 4.44. The molecule has 0 radical (unpaired) electrons. The maximum atomic E-state index is 12.3. The molecule has 0 bridgehead atoms. The summed E-state index contributed by atoms with van der Waals surface area (Å²) in [7, 11) is 0. The Bertz CT molecular complexity index is 326. The number of carbonyl (C=O) groups excluding carboxylic acids is 1. The van der Waals surface area contributed by atoms with Gasteiger partial charge in [0.05, 0.1) is 0 Å². The van der Waals surface area contributed by atoms with Crippen LogP contribution in [0.1, 0.15) is 24.0 Å². The smallest absolute Gasteiger partial charge is 0.263 e. The number of aldehydes is 1. The fraction of sp³-hybridized carbons (Fsp3) is 0.300. The minimum absolute atomic E-state index is 0.0431. The van der Waals surface area contributed by atoms with Crippen LogP contribution in [0.4, 0.5) is 8.78 Å². The lowest BCUT2D eigenvalue weighted by Gasteiger charge is -2.04. The van der Waals surface area contributed by atoms with E-state index in [4.69, 9.17) is 0 Å². The number of hydrogen-bond acceptors (Lipinski definition) is 2. The quantitative estimate of drug-likeness (QED) is 0.604. The average molecular weight is 216 g/mol. The van der Waals surface area contributed by atoms with Crippen molar-refractivity contribution >= 4 is 18.9 Å². The van der Waals surface area contributed by atoms with Crippen LogP contribution >= 0.6 is 12.6 Å². The van der Waals surface area contributed by atoms with E-state index in [-0.39, 0.29) is 5.56 Å². The summed E-state index contributed by atoms with van der Waals surface area (Å²) in [5, 5.41) is 0. The topological polar surface area (TPSA) is 17.1 Å². The van der Waals surface area contributed by atoms with E-state index in [1.54, 1.807) is 6.07 Å². The van der Waals surface area contributed by atoms with Crippen LogP contribution in [0.2, 0.25) is 0 Å². The highest BCUT2D eigenvalue weighted by Gasteiger charge is 2.08. The summed E-state index contributed by atoms with van der Waals surface area (Å²) in [5.41, 5.74) is 0.679. The van der Waals surface area contributed by atoms with Crippen LogP contribution in [0.5, 0.6) is 0 Å². The summed E-state index contributed by atoms with van der Waals surface area (Å²) < 4.78 is 24.7. The lowest BCUT2D eigenvalue weighted by Crippen LogP contribution is -1.91. The third kappa shape index (κ3) is 3.10. The predicted octanol–water partition coefficient (Wildman–Crippen LogP) is 3.04. The Morgan fingerprint density at radius 3 is 2.64 bits per heavy atom. The zero-order chi connectivity index (χ0) is 10.6. The van der Waals surface area contributed by atoms with Gasteiger partial charge in [-0.05, 0) is 24.1 Å². The third-order valence-electron chi connectivity index (χ3n) is 1.80. The summed E-state index contributed by atoms with van der Waals surface area (Å²) in [5.74, 6) is 0. The van der Waals surface area contributed by atoms with Gasteiger partial charge in [0.15, 0.2) is 0 Å². The number of rotatable bonds is 4. The molecule has 0 spiro atoms. The van der Waals surface area contributed by atoms with Crippen molar-refractivity contribution in [2.45, 2.75) is 24.2 Å². The fourth-order valence-corrected chi connectivity index (χ4v) is 1.51. The second kappa shape index (κ2) is 5.10. The van der Waals surface area contributed by atoms with E-state index in [1.165, 1.54) is 12.1 Å². The molecule has 1 rings (SSSR count). The van der Waals surface area contributed by atoms with Crippen LogP contribution in [0.25, 0.3) is 0 Å². The summed E-state index contributed by atoms with van der Waals surface area (Å²) in [4.78, 5) is 10.6. The normalized spacial score (nSPS) is 10.6. The molecule has 0 atom stereocenters. The van der Waals surface area contributed by atoms with Crippen molar-refractivity contribution in [3.63, 3.8) is 0 Å². The van der Waals surface area contributed by atoms with Crippen molar-refractivity contribution in [3.05, 3.63) is 29.3 Å². The standard InChI is InChI=1S/C10H10F2OS/c11-10(12)8-4-7(2-1-3-13)5-9(14)6-8/h3-6,10,14H,1-2H2. The molecule has 0 aliphatic heterocycles. The number of thiol groups is 1.